The molecule has 1 saturated carbocycles. The number of carbonyl (C=O) groups is 1. The Labute approximate surface area is 102 Å². The highest BCUT2D eigenvalue weighted by atomic mass is 32.2. The van der Waals surface area contributed by atoms with Crippen molar-refractivity contribution in [3.63, 3.8) is 0 Å². The average Bonchev–Trinajstić information content (AvgIpc) is 3.02. The lowest BCUT2D eigenvalue weighted by atomic mass is 10.0. The van der Waals surface area contributed by atoms with Gasteiger partial charge >= 0.3 is 0 Å². The molecule has 16 heavy (non-hydrogen) atoms. The van der Waals surface area contributed by atoms with Gasteiger partial charge in [0.05, 0.1) is 0 Å². The molecule has 2 rings (SSSR count). The third-order valence-corrected chi connectivity index (χ3v) is 3.79. The second-order valence-corrected chi connectivity index (χ2v) is 6.42. The lowest BCUT2D eigenvalue weighted by Gasteiger charge is -2.11. The summed E-state index contributed by atoms with van der Waals surface area (Å²) in [4.78, 5) is 13.3. The molecule has 1 aliphatic rings. The molecule has 0 radical (unpaired) electrons. The number of hydrogen-bond donors (Lipinski definition) is 0. The fourth-order valence-electron chi connectivity index (χ4n) is 1.76. The Morgan fingerprint density at radius 2 is 2.06 bits per heavy atom. The summed E-state index contributed by atoms with van der Waals surface area (Å²) < 4.78 is 0. The highest BCUT2D eigenvalue weighted by molar-refractivity contribution is 8.00. The largest absolute Gasteiger partial charge is 0.294 e. The molecule has 0 bridgehead atoms. The number of carbonyl (C=O) groups excluding carboxylic acids is 1. The second-order valence-electron chi connectivity index (χ2n) is 4.80. The van der Waals surface area contributed by atoms with Crippen LogP contribution < -0.4 is 0 Å². The molecule has 1 aliphatic carbocycles. The maximum absolute atomic E-state index is 12.1. The summed E-state index contributed by atoms with van der Waals surface area (Å²) in [7, 11) is 0. The Morgan fingerprint density at radius 3 is 2.62 bits per heavy atom. The third kappa shape index (κ3) is 2.67. The van der Waals surface area contributed by atoms with Crippen LogP contribution in [0.3, 0.4) is 0 Å². The second kappa shape index (κ2) is 4.62. The molecule has 1 fully saturated rings. The normalized spacial score (nSPS) is 15.5. The highest BCUT2D eigenvalue weighted by Gasteiger charge is 2.31. The summed E-state index contributed by atoms with van der Waals surface area (Å²) in [5, 5.41) is 0.522. The van der Waals surface area contributed by atoms with Gasteiger partial charge in [0.25, 0.3) is 0 Å². The summed E-state index contributed by atoms with van der Waals surface area (Å²) >= 11 is 1.79. The Morgan fingerprint density at radius 1 is 1.38 bits per heavy atom. The first-order valence-corrected chi connectivity index (χ1v) is 6.77. The van der Waals surface area contributed by atoms with Crippen molar-refractivity contribution in [1.29, 1.82) is 0 Å². The van der Waals surface area contributed by atoms with Gasteiger partial charge in [0.2, 0.25) is 0 Å². The fraction of sp³-hybridized carbons (Fsp3) is 0.500. The van der Waals surface area contributed by atoms with Crippen molar-refractivity contribution in [3.8, 4) is 0 Å². The van der Waals surface area contributed by atoms with Crippen molar-refractivity contribution in [2.24, 2.45) is 5.92 Å². The molecule has 0 spiro atoms. The zero-order valence-electron chi connectivity index (χ0n) is 10.1. The van der Waals surface area contributed by atoms with Gasteiger partial charge in [0, 0.05) is 21.6 Å². The number of aryl methyl sites for hydroxylation is 1. The monoisotopic (exact) mass is 234 g/mol. The lowest BCUT2D eigenvalue weighted by Crippen LogP contribution is -2.04. The van der Waals surface area contributed by atoms with Crippen molar-refractivity contribution in [2.75, 3.05) is 0 Å². The fourth-order valence-corrected chi connectivity index (χ4v) is 2.70. The molecular formula is C14H18OS. The molecule has 0 atom stereocenters. The van der Waals surface area contributed by atoms with Crippen LogP contribution in [0, 0.1) is 12.8 Å². The van der Waals surface area contributed by atoms with Gasteiger partial charge in [0.1, 0.15) is 0 Å². The van der Waals surface area contributed by atoms with Crippen LogP contribution >= 0.6 is 11.8 Å². The first kappa shape index (κ1) is 11.7. The summed E-state index contributed by atoms with van der Waals surface area (Å²) in [5.41, 5.74) is 2.12. The van der Waals surface area contributed by atoms with E-state index in [1.54, 1.807) is 11.8 Å². The maximum Gasteiger partial charge on any atom is 0.167 e. The number of benzene rings is 1. The first-order chi connectivity index (χ1) is 7.58. The number of rotatable bonds is 4. The van der Waals surface area contributed by atoms with Gasteiger partial charge in [-0.2, -0.15) is 0 Å². The molecule has 0 aliphatic heterocycles. The molecule has 1 aromatic carbocycles. The lowest BCUT2D eigenvalue weighted by molar-refractivity contribution is 0.0964. The van der Waals surface area contributed by atoms with Gasteiger partial charge in [-0.3, -0.25) is 4.79 Å². The standard InChI is InChI=1S/C14H18OS/c1-9(2)16-13-7-4-10(3)8-12(13)14(15)11-5-6-11/h4,7-9,11H,5-6H2,1-3H3. The van der Waals surface area contributed by atoms with E-state index in [4.69, 9.17) is 0 Å². The quantitative estimate of drug-likeness (QED) is 0.576. The molecule has 0 N–H and O–H groups in total. The van der Waals surface area contributed by atoms with Crippen LogP contribution in [0.5, 0.6) is 0 Å². The van der Waals surface area contributed by atoms with Gasteiger partial charge in [0.15, 0.2) is 5.78 Å². The zero-order chi connectivity index (χ0) is 11.7. The van der Waals surface area contributed by atoms with E-state index in [0.717, 1.165) is 23.3 Å². The molecule has 86 valence electrons. The van der Waals surface area contributed by atoms with Crippen molar-refractivity contribution in [1.82, 2.24) is 0 Å². The van der Waals surface area contributed by atoms with E-state index >= 15 is 0 Å². The van der Waals surface area contributed by atoms with Crippen molar-refractivity contribution < 1.29 is 4.79 Å². The van der Waals surface area contributed by atoms with Crippen LogP contribution in [0.2, 0.25) is 0 Å². The van der Waals surface area contributed by atoms with E-state index in [0.29, 0.717) is 17.0 Å². The number of ketones is 1. The Bertz CT molecular complexity index is 405. The van der Waals surface area contributed by atoms with E-state index in [9.17, 15) is 4.79 Å². The highest BCUT2D eigenvalue weighted by Crippen LogP contribution is 2.36. The minimum Gasteiger partial charge on any atom is -0.294 e. The van der Waals surface area contributed by atoms with E-state index in [2.05, 4.69) is 26.0 Å². The predicted molar refractivity (Wildman–Crippen MR) is 69.2 cm³/mol. The Hall–Kier alpha value is -0.760. The van der Waals surface area contributed by atoms with E-state index in [1.807, 2.05) is 13.0 Å². The Balaban J connectivity index is 2.31. The molecule has 0 amide bonds. The molecule has 1 nitrogen and oxygen atoms in total. The topological polar surface area (TPSA) is 17.1 Å². The third-order valence-electron chi connectivity index (χ3n) is 2.71. The molecule has 0 heterocycles. The SMILES string of the molecule is Cc1ccc(SC(C)C)c(C(=O)C2CC2)c1. The smallest absolute Gasteiger partial charge is 0.167 e. The van der Waals surface area contributed by atoms with E-state index in [-0.39, 0.29) is 0 Å². The number of thioether (sulfide) groups is 1. The summed E-state index contributed by atoms with van der Waals surface area (Å²) in [6, 6.07) is 6.23. The predicted octanol–water partition coefficient (Wildman–Crippen LogP) is 4.09. The summed E-state index contributed by atoms with van der Waals surface area (Å²) in [6.45, 7) is 6.37. The van der Waals surface area contributed by atoms with Crippen LogP contribution in [0.15, 0.2) is 23.1 Å². The van der Waals surface area contributed by atoms with E-state index in [1.165, 1.54) is 5.56 Å². The molecular weight excluding hydrogens is 216 g/mol. The molecule has 1 aromatic rings. The minimum absolute atomic E-state index is 0.313. The van der Waals surface area contributed by atoms with Gasteiger partial charge in [-0.15, -0.1) is 11.8 Å². The zero-order valence-corrected chi connectivity index (χ0v) is 10.9. The summed E-state index contributed by atoms with van der Waals surface area (Å²) in [5.74, 6) is 0.667. The van der Waals surface area contributed by atoms with Crippen molar-refractivity contribution in [2.45, 2.75) is 43.8 Å². The van der Waals surface area contributed by atoms with Crippen LogP contribution in [0.4, 0.5) is 0 Å². The molecule has 0 saturated heterocycles. The molecule has 0 aromatic heterocycles. The summed E-state index contributed by atoms with van der Waals surface area (Å²) in [6.07, 6.45) is 2.16. The van der Waals surface area contributed by atoms with Gasteiger partial charge in [-0.25, -0.2) is 0 Å². The molecule has 2 heteroatoms. The van der Waals surface area contributed by atoms with Crippen LogP contribution in [-0.2, 0) is 0 Å². The van der Waals surface area contributed by atoms with Crippen molar-refractivity contribution in [3.05, 3.63) is 29.3 Å². The van der Waals surface area contributed by atoms with Gasteiger partial charge < -0.3 is 0 Å². The average molecular weight is 234 g/mol. The van der Waals surface area contributed by atoms with Crippen molar-refractivity contribution >= 4 is 17.5 Å². The van der Waals surface area contributed by atoms with Gasteiger partial charge in [-0.05, 0) is 31.9 Å². The Kier molecular flexibility index (Phi) is 3.38. The van der Waals surface area contributed by atoms with Crippen LogP contribution in [0.1, 0.15) is 42.6 Å². The first-order valence-electron chi connectivity index (χ1n) is 5.89. The number of hydrogen-bond acceptors (Lipinski definition) is 2. The van der Waals surface area contributed by atoms with Crippen LogP contribution in [-0.4, -0.2) is 11.0 Å². The van der Waals surface area contributed by atoms with Gasteiger partial charge in [-0.1, -0.05) is 25.5 Å². The van der Waals surface area contributed by atoms with E-state index < -0.39 is 0 Å². The maximum atomic E-state index is 12.1. The number of Topliss-reactive ketones (excluding diaryl/α,β-unsaturated/α-hetero) is 1. The molecule has 0 unspecified atom stereocenters. The minimum atomic E-state index is 0.313. The van der Waals surface area contributed by atoms with Crippen LogP contribution in [0.25, 0.3) is 0 Å².